The average molecular weight is 429 g/mol. The minimum absolute atomic E-state index is 0.00805. The van der Waals surface area contributed by atoms with Crippen LogP contribution in [0, 0.1) is 0 Å². The largest absolute Gasteiger partial charge is 0.366 e. The van der Waals surface area contributed by atoms with Gasteiger partial charge in [-0.1, -0.05) is 24.3 Å². The number of hydrogen-bond donors (Lipinski definition) is 2. The Hall–Kier alpha value is -2.78. The lowest BCUT2D eigenvalue weighted by atomic mass is 9.89. The van der Waals surface area contributed by atoms with E-state index in [4.69, 9.17) is 10.7 Å². The molecule has 2 aromatic rings. The SMILES string of the molecule is NC(=O)c1cc2ccccc2nc1C1CCN(C(=O)CN[C@H]2C=CS(=O)(=O)C2)CC1. The summed E-state index contributed by atoms with van der Waals surface area (Å²) >= 11 is 0. The van der Waals surface area contributed by atoms with Crippen molar-refractivity contribution < 1.29 is 18.0 Å². The van der Waals surface area contributed by atoms with Crippen molar-refractivity contribution in [2.24, 2.45) is 5.73 Å². The first kappa shape index (κ1) is 20.5. The summed E-state index contributed by atoms with van der Waals surface area (Å²) in [5, 5.41) is 5.05. The van der Waals surface area contributed by atoms with E-state index in [0.717, 1.165) is 10.9 Å². The van der Waals surface area contributed by atoms with Crippen LogP contribution in [-0.2, 0) is 14.6 Å². The molecule has 3 heterocycles. The number of piperidine rings is 1. The summed E-state index contributed by atoms with van der Waals surface area (Å²) in [6.07, 6.45) is 2.95. The number of hydrogen-bond acceptors (Lipinski definition) is 6. The summed E-state index contributed by atoms with van der Waals surface area (Å²) in [5.74, 6) is -0.512. The van der Waals surface area contributed by atoms with E-state index in [-0.39, 0.29) is 30.2 Å². The maximum atomic E-state index is 12.5. The molecule has 0 spiro atoms. The summed E-state index contributed by atoms with van der Waals surface area (Å²) in [6, 6.07) is 9.08. The summed E-state index contributed by atoms with van der Waals surface area (Å²) in [6.45, 7) is 1.20. The van der Waals surface area contributed by atoms with Crippen LogP contribution < -0.4 is 11.1 Å². The highest BCUT2D eigenvalue weighted by molar-refractivity contribution is 7.94. The van der Waals surface area contributed by atoms with Gasteiger partial charge in [0.05, 0.1) is 29.1 Å². The van der Waals surface area contributed by atoms with Crippen LogP contribution in [0.5, 0.6) is 0 Å². The summed E-state index contributed by atoms with van der Waals surface area (Å²) < 4.78 is 22.9. The first-order valence-electron chi connectivity index (χ1n) is 9.94. The zero-order valence-corrected chi connectivity index (χ0v) is 17.3. The normalized spacial score (nSPS) is 21.2. The van der Waals surface area contributed by atoms with Crippen LogP contribution in [-0.4, -0.2) is 61.5 Å². The lowest BCUT2D eigenvalue weighted by Crippen LogP contribution is -2.45. The number of likely N-dealkylation sites (tertiary alicyclic amines) is 1. The molecule has 0 bridgehead atoms. The molecule has 8 nitrogen and oxygen atoms in total. The van der Waals surface area contributed by atoms with Gasteiger partial charge in [-0.2, -0.15) is 0 Å². The van der Waals surface area contributed by atoms with E-state index in [1.54, 1.807) is 17.0 Å². The monoisotopic (exact) mass is 428 g/mol. The molecule has 1 aromatic heterocycles. The number of nitrogens with one attached hydrogen (secondary N) is 1. The van der Waals surface area contributed by atoms with Crippen LogP contribution in [0.3, 0.4) is 0 Å². The molecule has 9 heteroatoms. The predicted octanol–water partition coefficient (Wildman–Crippen LogP) is 0.940. The molecule has 0 saturated carbocycles. The van der Waals surface area contributed by atoms with Crippen LogP contribution in [0.4, 0.5) is 0 Å². The Labute approximate surface area is 175 Å². The number of pyridine rings is 1. The van der Waals surface area contributed by atoms with E-state index < -0.39 is 15.7 Å². The molecule has 1 atom stereocenters. The molecule has 1 saturated heterocycles. The molecule has 2 aliphatic rings. The van der Waals surface area contributed by atoms with Gasteiger partial charge in [-0.15, -0.1) is 0 Å². The lowest BCUT2D eigenvalue weighted by Gasteiger charge is -2.32. The Morgan fingerprint density at radius 2 is 1.93 bits per heavy atom. The van der Waals surface area contributed by atoms with E-state index >= 15 is 0 Å². The summed E-state index contributed by atoms with van der Waals surface area (Å²) in [5.41, 5.74) is 7.57. The van der Waals surface area contributed by atoms with Crippen LogP contribution in [0.25, 0.3) is 10.9 Å². The van der Waals surface area contributed by atoms with Crippen molar-refractivity contribution in [1.82, 2.24) is 15.2 Å². The number of aromatic nitrogens is 1. The number of nitrogens with two attached hydrogens (primary N) is 1. The zero-order chi connectivity index (χ0) is 21.3. The van der Waals surface area contributed by atoms with E-state index in [1.165, 1.54) is 5.41 Å². The summed E-state index contributed by atoms with van der Waals surface area (Å²) in [7, 11) is -3.15. The quantitative estimate of drug-likeness (QED) is 0.731. The number of carbonyl (C=O) groups is 2. The lowest BCUT2D eigenvalue weighted by molar-refractivity contribution is -0.131. The number of carbonyl (C=O) groups excluding carboxylic acids is 2. The number of fused-ring (bicyclic) bond motifs is 1. The zero-order valence-electron chi connectivity index (χ0n) is 16.5. The highest BCUT2D eigenvalue weighted by Gasteiger charge is 2.28. The fraction of sp³-hybridized carbons (Fsp3) is 0.381. The van der Waals surface area contributed by atoms with Gasteiger partial charge in [0.15, 0.2) is 9.84 Å². The van der Waals surface area contributed by atoms with E-state index in [1.807, 2.05) is 24.3 Å². The molecule has 158 valence electrons. The first-order chi connectivity index (χ1) is 14.3. The van der Waals surface area contributed by atoms with Crippen molar-refractivity contribution in [1.29, 1.82) is 0 Å². The van der Waals surface area contributed by atoms with Crippen LogP contribution >= 0.6 is 0 Å². The maximum Gasteiger partial charge on any atom is 0.250 e. The Kier molecular flexibility index (Phi) is 5.57. The van der Waals surface area contributed by atoms with E-state index in [0.29, 0.717) is 37.2 Å². The molecule has 30 heavy (non-hydrogen) atoms. The fourth-order valence-corrected chi connectivity index (χ4v) is 5.34. The molecule has 1 fully saturated rings. The molecule has 0 unspecified atom stereocenters. The van der Waals surface area contributed by atoms with Crippen molar-refractivity contribution in [2.45, 2.75) is 24.8 Å². The first-order valence-corrected chi connectivity index (χ1v) is 11.7. The molecule has 0 radical (unpaired) electrons. The second-order valence-electron chi connectivity index (χ2n) is 7.78. The third kappa shape index (κ3) is 4.36. The Bertz CT molecular complexity index is 1120. The molecule has 2 aliphatic heterocycles. The van der Waals surface area contributed by atoms with Gasteiger partial charge < -0.3 is 16.0 Å². The number of primary amides is 1. The van der Waals surface area contributed by atoms with Crippen molar-refractivity contribution in [3.8, 4) is 0 Å². The van der Waals surface area contributed by atoms with Crippen molar-refractivity contribution in [3.05, 3.63) is 53.1 Å². The number of rotatable bonds is 5. The minimum atomic E-state index is -3.15. The minimum Gasteiger partial charge on any atom is -0.366 e. The Morgan fingerprint density at radius 3 is 2.60 bits per heavy atom. The highest BCUT2D eigenvalue weighted by Crippen LogP contribution is 2.31. The standard InChI is InChI=1S/C21H24N4O4S/c22-21(27)17-11-15-3-1-2-4-18(15)24-20(17)14-5-8-25(9-6-14)19(26)12-23-16-7-10-30(28,29)13-16/h1-4,7,10-11,14,16,23H,5-6,8-9,12-13H2,(H2,22,27)/t16-/m0/s1. The number of sulfone groups is 1. The van der Waals surface area contributed by atoms with E-state index in [2.05, 4.69) is 5.32 Å². The molecule has 4 rings (SSSR count). The van der Waals surface area contributed by atoms with Crippen LogP contribution in [0.2, 0.25) is 0 Å². The third-order valence-electron chi connectivity index (χ3n) is 5.70. The second kappa shape index (κ2) is 8.16. The van der Waals surface area contributed by atoms with Crippen LogP contribution in [0.15, 0.2) is 41.8 Å². The summed E-state index contributed by atoms with van der Waals surface area (Å²) in [4.78, 5) is 31.0. The molecule has 0 aliphatic carbocycles. The molecular weight excluding hydrogens is 404 g/mol. The molecular formula is C21H24N4O4S. The smallest absolute Gasteiger partial charge is 0.250 e. The Morgan fingerprint density at radius 1 is 1.20 bits per heavy atom. The van der Waals surface area contributed by atoms with Crippen LogP contribution in [0.1, 0.15) is 34.8 Å². The maximum absolute atomic E-state index is 12.5. The number of amides is 2. The number of benzene rings is 1. The predicted molar refractivity (Wildman–Crippen MR) is 114 cm³/mol. The number of para-hydroxylation sites is 1. The topological polar surface area (TPSA) is 122 Å². The number of nitrogens with zero attached hydrogens (tertiary/aromatic N) is 2. The van der Waals surface area contributed by atoms with Gasteiger partial charge >= 0.3 is 0 Å². The Balaban J connectivity index is 1.39. The molecule has 2 amide bonds. The second-order valence-corrected chi connectivity index (χ2v) is 9.71. The van der Waals surface area contributed by atoms with Gasteiger partial charge in [0.25, 0.3) is 5.91 Å². The van der Waals surface area contributed by atoms with Gasteiger partial charge in [-0.25, -0.2) is 8.42 Å². The molecule has 3 N–H and O–H groups in total. The van der Waals surface area contributed by atoms with Gasteiger partial charge in [0, 0.05) is 35.8 Å². The van der Waals surface area contributed by atoms with E-state index in [9.17, 15) is 18.0 Å². The van der Waals surface area contributed by atoms with Gasteiger partial charge in [0.1, 0.15) is 0 Å². The fourth-order valence-electron chi connectivity index (χ4n) is 4.07. The van der Waals surface area contributed by atoms with Gasteiger partial charge in [-0.3, -0.25) is 14.6 Å². The van der Waals surface area contributed by atoms with Crippen molar-refractivity contribution in [3.63, 3.8) is 0 Å². The molecule has 1 aromatic carbocycles. The van der Waals surface area contributed by atoms with Gasteiger partial charge in [0.2, 0.25) is 5.91 Å². The third-order valence-corrected chi connectivity index (χ3v) is 7.09. The highest BCUT2D eigenvalue weighted by atomic mass is 32.2. The van der Waals surface area contributed by atoms with Crippen molar-refractivity contribution in [2.75, 3.05) is 25.4 Å². The van der Waals surface area contributed by atoms with Gasteiger partial charge in [-0.05, 0) is 25.0 Å². The average Bonchev–Trinajstić information content (AvgIpc) is 3.09. The van der Waals surface area contributed by atoms with Crippen molar-refractivity contribution >= 4 is 32.6 Å².